The molecule has 27 heavy (non-hydrogen) atoms. The van der Waals surface area contributed by atoms with Gasteiger partial charge in [0.05, 0.1) is 0 Å². The predicted octanol–water partition coefficient (Wildman–Crippen LogP) is 4.43. The Hall–Kier alpha value is -2.76. The minimum absolute atomic E-state index is 0.291. The first-order chi connectivity index (χ1) is 13.3. The van der Waals surface area contributed by atoms with Crippen LogP contribution in [0.2, 0.25) is 0 Å². The normalized spacial score (nSPS) is 15.4. The van der Waals surface area contributed by atoms with Crippen molar-refractivity contribution in [2.24, 2.45) is 0 Å². The molecule has 1 aromatic heterocycles. The van der Waals surface area contributed by atoms with Gasteiger partial charge in [-0.15, -0.1) is 0 Å². The van der Waals surface area contributed by atoms with E-state index in [2.05, 4.69) is 26.7 Å². The maximum atomic E-state index is 5.43. The Bertz CT molecular complexity index is 835. The van der Waals surface area contributed by atoms with Gasteiger partial charge >= 0.3 is 0 Å². The van der Waals surface area contributed by atoms with Gasteiger partial charge in [0.25, 0.3) is 0 Å². The zero-order valence-electron chi connectivity index (χ0n) is 15.8. The van der Waals surface area contributed by atoms with E-state index in [0.29, 0.717) is 19.3 Å². The van der Waals surface area contributed by atoms with Gasteiger partial charge in [0.1, 0.15) is 5.82 Å². The van der Waals surface area contributed by atoms with Crippen molar-refractivity contribution in [3.8, 4) is 11.5 Å². The van der Waals surface area contributed by atoms with E-state index in [1.807, 2.05) is 31.2 Å². The average Bonchev–Trinajstić information content (AvgIpc) is 3.15. The zero-order chi connectivity index (χ0) is 18.5. The lowest BCUT2D eigenvalue weighted by Gasteiger charge is -2.14. The molecule has 6 heteroatoms. The fourth-order valence-electron chi connectivity index (χ4n) is 3.45. The number of nitrogens with one attached hydrogen (secondary N) is 2. The van der Waals surface area contributed by atoms with Crippen molar-refractivity contribution in [3.63, 3.8) is 0 Å². The van der Waals surface area contributed by atoms with Crippen molar-refractivity contribution < 1.29 is 9.47 Å². The number of aromatic nitrogens is 2. The van der Waals surface area contributed by atoms with Crippen LogP contribution in [0.15, 0.2) is 35.9 Å². The fraction of sp³-hybridized carbons (Fsp3) is 0.429. The molecule has 6 nitrogen and oxygen atoms in total. The summed E-state index contributed by atoms with van der Waals surface area (Å²) in [6.07, 6.45) is 8.62. The quantitative estimate of drug-likeness (QED) is 0.707. The predicted molar refractivity (Wildman–Crippen MR) is 106 cm³/mol. The largest absolute Gasteiger partial charge is 0.454 e. The van der Waals surface area contributed by atoms with Crippen LogP contribution in [0, 0.1) is 6.92 Å². The van der Waals surface area contributed by atoms with Gasteiger partial charge in [0, 0.05) is 24.8 Å². The molecule has 0 fully saturated rings. The van der Waals surface area contributed by atoms with Crippen LogP contribution < -0.4 is 20.1 Å². The minimum atomic E-state index is 0.291. The lowest BCUT2D eigenvalue weighted by atomic mass is 9.97. The number of hydrogen-bond acceptors (Lipinski definition) is 6. The average molecular weight is 366 g/mol. The second-order valence-electron chi connectivity index (χ2n) is 7.04. The molecule has 1 aromatic carbocycles. The molecule has 0 bridgehead atoms. The Morgan fingerprint density at radius 3 is 2.85 bits per heavy atom. The van der Waals surface area contributed by atoms with E-state index in [4.69, 9.17) is 9.47 Å². The zero-order valence-corrected chi connectivity index (χ0v) is 15.8. The third kappa shape index (κ3) is 4.70. The van der Waals surface area contributed by atoms with Gasteiger partial charge < -0.3 is 20.1 Å². The molecule has 2 aromatic rings. The Labute approximate surface area is 160 Å². The van der Waals surface area contributed by atoms with Crippen molar-refractivity contribution in [2.75, 3.05) is 24.0 Å². The molecular weight excluding hydrogens is 340 g/mol. The molecule has 0 atom stereocenters. The third-order valence-corrected chi connectivity index (χ3v) is 4.88. The molecule has 0 saturated heterocycles. The molecule has 2 N–H and O–H groups in total. The Kier molecular flexibility index (Phi) is 5.42. The molecule has 2 aliphatic rings. The highest BCUT2D eigenvalue weighted by molar-refractivity contribution is 5.46. The summed E-state index contributed by atoms with van der Waals surface area (Å²) >= 11 is 0. The van der Waals surface area contributed by atoms with Gasteiger partial charge in [-0.2, -0.15) is 4.98 Å². The summed E-state index contributed by atoms with van der Waals surface area (Å²) in [6, 6.07) is 7.93. The molecule has 0 radical (unpaired) electrons. The fourth-order valence-corrected chi connectivity index (χ4v) is 3.45. The first-order valence-electron chi connectivity index (χ1n) is 9.66. The summed E-state index contributed by atoms with van der Waals surface area (Å²) in [5.41, 5.74) is 3.61. The highest BCUT2D eigenvalue weighted by Crippen LogP contribution is 2.32. The lowest BCUT2D eigenvalue weighted by Crippen LogP contribution is -2.09. The summed E-state index contributed by atoms with van der Waals surface area (Å²) in [6.45, 7) is 3.82. The molecule has 0 saturated carbocycles. The van der Waals surface area contributed by atoms with Crippen molar-refractivity contribution in [2.45, 2.75) is 45.6 Å². The number of nitrogens with zero attached hydrogens (tertiary/aromatic N) is 2. The van der Waals surface area contributed by atoms with E-state index in [-0.39, 0.29) is 0 Å². The first kappa shape index (κ1) is 17.6. The van der Waals surface area contributed by atoms with Gasteiger partial charge in [-0.1, -0.05) is 17.7 Å². The molecule has 0 unspecified atom stereocenters. The van der Waals surface area contributed by atoms with E-state index in [1.54, 1.807) is 5.57 Å². The molecule has 1 aliphatic carbocycles. The summed E-state index contributed by atoms with van der Waals surface area (Å²) in [5, 5.41) is 6.74. The maximum absolute atomic E-state index is 5.43. The second kappa shape index (κ2) is 8.29. The van der Waals surface area contributed by atoms with Gasteiger partial charge in [0.2, 0.25) is 12.7 Å². The molecule has 1 aliphatic heterocycles. The SMILES string of the molecule is Cc1cc(NCCC2=CCCCC2)nc(NCc2ccc3c(c2)OCO3)n1. The summed E-state index contributed by atoms with van der Waals surface area (Å²) in [7, 11) is 0. The minimum Gasteiger partial charge on any atom is -0.454 e. The van der Waals surface area contributed by atoms with Gasteiger partial charge in [-0.3, -0.25) is 0 Å². The summed E-state index contributed by atoms with van der Waals surface area (Å²) in [5.74, 6) is 3.09. The van der Waals surface area contributed by atoms with Crippen LogP contribution in [0.25, 0.3) is 0 Å². The number of benzene rings is 1. The van der Waals surface area contributed by atoms with Crippen molar-refractivity contribution in [1.82, 2.24) is 9.97 Å². The van der Waals surface area contributed by atoms with Crippen molar-refractivity contribution >= 4 is 11.8 Å². The molecular formula is C21H26N4O2. The monoisotopic (exact) mass is 366 g/mol. The highest BCUT2D eigenvalue weighted by atomic mass is 16.7. The van der Waals surface area contributed by atoms with E-state index in [1.165, 1.54) is 25.7 Å². The number of aryl methyl sites for hydroxylation is 1. The van der Waals surface area contributed by atoms with Crippen LogP contribution in [0.3, 0.4) is 0 Å². The first-order valence-corrected chi connectivity index (χ1v) is 9.66. The molecule has 0 spiro atoms. The van der Waals surface area contributed by atoms with Crippen LogP contribution in [0.4, 0.5) is 11.8 Å². The van der Waals surface area contributed by atoms with E-state index < -0.39 is 0 Å². The number of hydrogen-bond donors (Lipinski definition) is 2. The molecule has 4 rings (SSSR count). The van der Waals surface area contributed by atoms with Crippen molar-refractivity contribution in [3.05, 3.63) is 47.2 Å². The van der Waals surface area contributed by atoms with Crippen LogP contribution in [0.5, 0.6) is 11.5 Å². The maximum Gasteiger partial charge on any atom is 0.231 e. The summed E-state index contributed by atoms with van der Waals surface area (Å²) in [4.78, 5) is 9.08. The number of rotatable bonds is 7. The molecule has 0 amide bonds. The summed E-state index contributed by atoms with van der Waals surface area (Å²) < 4.78 is 10.8. The highest BCUT2D eigenvalue weighted by Gasteiger charge is 2.13. The Morgan fingerprint density at radius 2 is 1.96 bits per heavy atom. The van der Waals surface area contributed by atoms with Gasteiger partial charge in [0.15, 0.2) is 11.5 Å². The number of allylic oxidation sites excluding steroid dienone is 1. The van der Waals surface area contributed by atoms with Gasteiger partial charge in [-0.05, 0) is 56.7 Å². The number of anilines is 2. The van der Waals surface area contributed by atoms with Crippen LogP contribution in [-0.2, 0) is 6.54 Å². The number of ether oxygens (including phenoxy) is 2. The standard InChI is InChI=1S/C21H26N4O2/c1-15-11-20(22-10-9-16-5-3-2-4-6-16)25-21(24-15)23-13-17-7-8-18-19(12-17)27-14-26-18/h5,7-8,11-12H,2-4,6,9-10,13-14H2,1H3,(H2,22,23,24,25). The van der Waals surface area contributed by atoms with Crippen molar-refractivity contribution in [1.29, 1.82) is 0 Å². The van der Waals surface area contributed by atoms with E-state index in [0.717, 1.165) is 41.5 Å². The van der Waals surface area contributed by atoms with E-state index >= 15 is 0 Å². The lowest BCUT2D eigenvalue weighted by molar-refractivity contribution is 0.174. The van der Waals surface area contributed by atoms with E-state index in [9.17, 15) is 0 Å². The van der Waals surface area contributed by atoms with Crippen LogP contribution in [-0.4, -0.2) is 23.3 Å². The molecule has 142 valence electrons. The van der Waals surface area contributed by atoms with Gasteiger partial charge in [-0.25, -0.2) is 4.98 Å². The molecule has 2 heterocycles. The smallest absolute Gasteiger partial charge is 0.231 e. The van der Waals surface area contributed by atoms with Crippen LogP contribution >= 0.6 is 0 Å². The third-order valence-electron chi connectivity index (χ3n) is 4.88. The Morgan fingerprint density at radius 1 is 1.04 bits per heavy atom. The van der Waals surface area contributed by atoms with Crippen LogP contribution in [0.1, 0.15) is 43.4 Å². The topological polar surface area (TPSA) is 68.3 Å². The number of fused-ring (bicyclic) bond motifs is 1. The second-order valence-corrected chi connectivity index (χ2v) is 7.04. The Balaban J connectivity index is 1.33.